The van der Waals surface area contributed by atoms with E-state index in [0.717, 1.165) is 0 Å². The van der Waals surface area contributed by atoms with Gasteiger partial charge in [0.15, 0.2) is 6.29 Å². The molecule has 1 saturated heterocycles. The molecule has 136 valence electrons. The number of benzene rings is 1. The third-order valence-electron chi connectivity index (χ3n) is 4.22. The lowest BCUT2D eigenvalue weighted by Crippen LogP contribution is -2.26. The van der Waals surface area contributed by atoms with Crippen molar-refractivity contribution < 1.29 is 18.7 Å². The fourth-order valence-electron chi connectivity index (χ4n) is 2.91. The number of rotatable bonds is 5. The van der Waals surface area contributed by atoms with E-state index in [9.17, 15) is 14.0 Å². The van der Waals surface area contributed by atoms with Crippen LogP contribution in [0.2, 0.25) is 0 Å². The number of pyridine rings is 1. The third-order valence-corrected chi connectivity index (χ3v) is 4.22. The summed E-state index contributed by atoms with van der Waals surface area (Å²) in [6, 6.07) is 7.63. The number of nitrogens with zero attached hydrogens (tertiary/aromatic N) is 5. The van der Waals surface area contributed by atoms with Gasteiger partial charge < -0.3 is 4.74 Å². The van der Waals surface area contributed by atoms with Gasteiger partial charge in [0.2, 0.25) is 0 Å². The number of amides is 1. The SMILES string of the molecule is O=Cc1ccc(-c2ccc(N3CC(Cn4ccnn4)OC3=O)cc2F)cn1. The van der Waals surface area contributed by atoms with Crippen molar-refractivity contribution in [3.8, 4) is 11.1 Å². The van der Waals surface area contributed by atoms with Gasteiger partial charge in [-0.1, -0.05) is 11.3 Å². The van der Waals surface area contributed by atoms with Crippen LogP contribution in [-0.4, -0.2) is 45.0 Å². The molecule has 27 heavy (non-hydrogen) atoms. The fourth-order valence-corrected chi connectivity index (χ4v) is 2.91. The molecule has 0 bridgehead atoms. The van der Waals surface area contributed by atoms with Gasteiger partial charge in [-0.2, -0.15) is 0 Å². The van der Waals surface area contributed by atoms with Crippen LogP contribution < -0.4 is 4.90 Å². The van der Waals surface area contributed by atoms with Crippen LogP contribution in [0.4, 0.5) is 14.9 Å². The number of carbonyl (C=O) groups is 2. The standard InChI is InChI=1S/C18H14FN5O3/c19-17-7-14(3-4-16(17)12-1-2-13(11-25)20-8-12)24-10-15(27-18(24)26)9-23-6-5-21-22-23/h1-8,11,15H,9-10H2. The third kappa shape index (κ3) is 3.39. The quantitative estimate of drug-likeness (QED) is 0.643. The number of anilines is 1. The molecular formula is C18H14FN5O3. The Morgan fingerprint density at radius 2 is 2.19 bits per heavy atom. The van der Waals surface area contributed by atoms with E-state index < -0.39 is 18.0 Å². The zero-order chi connectivity index (χ0) is 18.8. The van der Waals surface area contributed by atoms with Crippen LogP contribution in [0, 0.1) is 5.82 Å². The molecule has 0 aliphatic carbocycles. The highest BCUT2D eigenvalue weighted by molar-refractivity contribution is 5.90. The van der Waals surface area contributed by atoms with Crippen LogP contribution in [0.5, 0.6) is 0 Å². The monoisotopic (exact) mass is 367 g/mol. The molecule has 3 aromatic rings. The molecule has 1 aliphatic heterocycles. The van der Waals surface area contributed by atoms with Crippen LogP contribution >= 0.6 is 0 Å². The van der Waals surface area contributed by atoms with Crippen LogP contribution in [0.1, 0.15) is 10.5 Å². The lowest BCUT2D eigenvalue weighted by molar-refractivity contribution is 0.111. The van der Waals surface area contributed by atoms with Crippen molar-refractivity contribution in [2.75, 3.05) is 11.4 Å². The average Bonchev–Trinajstić information content (AvgIpc) is 3.31. The lowest BCUT2D eigenvalue weighted by atomic mass is 10.1. The zero-order valence-electron chi connectivity index (χ0n) is 14.0. The van der Waals surface area contributed by atoms with Crippen LogP contribution in [-0.2, 0) is 11.3 Å². The number of aromatic nitrogens is 4. The molecule has 8 nitrogen and oxygen atoms in total. The summed E-state index contributed by atoms with van der Waals surface area (Å²) in [5.41, 5.74) is 1.54. The Balaban J connectivity index is 1.53. The Kier molecular flexibility index (Phi) is 4.33. The molecule has 0 radical (unpaired) electrons. The van der Waals surface area contributed by atoms with Crippen LogP contribution in [0.3, 0.4) is 0 Å². The van der Waals surface area contributed by atoms with E-state index in [1.54, 1.807) is 35.3 Å². The Bertz CT molecular complexity index is 975. The van der Waals surface area contributed by atoms with E-state index in [0.29, 0.717) is 29.6 Å². The van der Waals surface area contributed by atoms with Crippen molar-refractivity contribution in [1.82, 2.24) is 20.0 Å². The van der Waals surface area contributed by atoms with E-state index in [1.807, 2.05) is 0 Å². The van der Waals surface area contributed by atoms with Crippen molar-refractivity contribution in [3.05, 3.63) is 60.4 Å². The minimum Gasteiger partial charge on any atom is -0.442 e. The molecule has 1 amide bonds. The van der Waals surface area contributed by atoms with E-state index in [-0.39, 0.29) is 12.2 Å². The summed E-state index contributed by atoms with van der Waals surface area (Å²) in [7, 11) is 0. The average molecular weight is 367 g/mol. The first kappa shape index (κ1) is 16.8. The smallest absolute Gasteiger partial charge is 0.414 e. The van der Waals surface area contributed by atoms with Crippen LogP contribution in [0.25, 0.3) is 11.1 Å². The summed E-state index contributed by atoms with van der Waals surface area (Å²) in [5, 5.41) is 7.55. The maximum Gasteiger partial charge on any atom is 0.414 e. The second kappa shape index (κ2) is 6.94. The van der Waals surface area contributed by atoms with Crippen molar-refractivity contribution in [3.63, 3.8) is 0 Å². The molecule has 1 atom stereocenters. The van der Waals surface area contributed by atoms with Crippen molar-refractivity contribution in [2.45, 2.75) is 12.6 Å². The maximum atomic E-state index is 14.6. The predicted octanol–water partition coefficient (Wildman–Crippen LogP) is 2.32. The first-order chi connectivity index (χ1) is 13.1. The van der Waals surface area contributed by atoms with Gasteiger partial charge in [-0.15, -0.1) is 5.10 Å². The van der Waals surface area contributed by atoms with Gasteiger partial charge in [0.25, 0.3) is 0 Å². The maximum absolute atomic E-state index is 14.6. The number of hydrogen-bond acceptors (Lipinski definition) is 6. The normalized spacial score (nSPS) is 16.4. The Hall–Kier alpha value is -3.62. The Morgan fingerprint density at radius 1 is 1.30 bits per heavy atom. The zero-order valence-corrected chi connectivity index (χ0v) is 14.0. The van der Waals surface area contributed by atoms with Gasteiger partial charge in [0.1, 0.15) is 17.6 Å². The van der Waals surface area contributed by atoms with E-state index >= 15 is 0 Å². The van der Waals surface area contributed by atoms with Gasteiger partial charge in [0, 0.05) is 23.5 Å². The number of halogens is 1. The first-order valence-electron chi connectivity index (χ1n) is 8.17. The summed E-state index contributed by atoms with van der Waals surface area (Å²) in [5.74, 6) is -0.499. The molecule has 0 saturated carbocycles. The van der Waals surface area contributed by atoms with Gasteiger partial charge >= 0.3 is 6.09 Å². The largest absolute Gasteiger partial charge is 0.442 e. The summed E-state index contributed by atoms with van der Waals surface area (Å²) < 4.78 is 21.5. The highest BCUT2D eigenvalue weighted by Crippen LogP contribution is 2.29. The van der Waals surface area contributed by atoms with Gasteiger partial charge in [0.05, 0.1) is 25.0 Å². The van der Waals surface area contributed by atoms with Gasteiger partial charge in [-0.3, -0.25) is 14.7 Å². The van der Waals surface area contributed by atoms with E-state index in [2.05, 4.69) is 15.3 Å². The summed E-state index contributed by atoms with van der Waals surface area (Å²) in [4.78, 5) is 28.1. The number of aldehydes is 1. The van der Waals surface area contributed by atoms with E-state index in [4.69, 9.17) is 4.74 Å². The lowest BCUT2D eigenvalue weighted by Gasteiger charge is -2.14. The number of hydrogen-bond donors (Lipinski definition) is 0. The van der Waals surface area contributed by atoms with E-state index in [1.165, 1.54) is 23.2 Å². The number of ether oxygens (including phenoxy) is 1. The first-order valence-corrected chi connectivity index (χ1v) is 8.17. The Morgan fingerprint density at radius 3 is 2.85 bits per heavy atom. The number of carbonyl (C=O) groups excluding carboxylic acids is 2. The van der Waals surface area contributed by atoms with Crippen molar-refractivity contribution in [2.24, 2.45) is 0 Å². The highest BCUT2D eigenvalue weighted by atomic mass is 19.1. The summed E-state index contributed by atoms with van der Waals surface area (Å²) in [6.45, 7) is 0.657. The molecular weight excluding hydrogens is 353 g/mol. The molecule has 0 N–H and O–H groups in total. The van der Waals surface area contributed by atoms with Crippen molar-refractivity contribution >= 4 is 18.1 Å². The summed E-state index contributed by atoms with van der Waals surface area (Å²) >= 11 is 0. The number of cyclic esters (lactones) is 1. The van der Waals surface area contributed by atoms with Gasteiger partial charge in [-0.05, 0) is 24.3 Å². The molecule has 3 heterocycles. The predicted molar refractivity (Wildman–Crippen MR) is 92.7 cm³/mol. The van der Waals surface area contributed by atoms with Gasteiger partial charge in [-0.25, -0.2) is 13.9 Å². The minimum atomic E-state index is -0.538. The Labute approximate surface area is 153 Å². The molecule has 1 unspecified atom stereocenters. The topological polar surface area (TPSA) is 90.2 Å². The highest BCUT2D eigenvalue weighted by Gasteiger charge is 2.33. The molecule has 4 rings (SSSR count). The molecule has 2 aromatic heterocycles. The molecule has 1 aliphatic rings. The second-order valence-electron chi connectivity index (χ2n) is 6.00. The summed E-state index contributed by atoms with van der Waals surface area (Å²) in [6.07, 6.45) is 4.33. The molecule has 1 fully saturated rings. The molecule has 0 spiro atoms. The second-order valence-corrected chi connectivity index (χ2v) is 6.00. The van der Waals surface area contributed by atoms with Crippen LogP contribution in [0.15, 0.2) is 48.9 Å². The molecule has 1 aromatic carbocycles. The minimum absolute atomic E-state index is 0.272. The molecule has 9 heteroatoms. The van der Waals surface area contributed by atoms with Crippen molar-refractivity contribution in [1.29, 1.82) is 0 Å². The fraction of sp³-hybridized carbons (Fsp3) is 0.167.